The maximum absolute atomic E-state index is 11.3. The Labute approximate surface area is 72.2 Å². The average molecular weight is 201 g/mol. The Hall–Kier alpha value is 0.440. The lowest BCUT2D eigenvalue weighted by atomic mass is 10.5. The molecule has 0 rings (SSSR count). The molecule has 0 aliphatic carbocycles. The summed E-state index contributed by atoms with van der Waals surface area (Å²) in [5.74, 6) is 0.102. The maximum atomic E-state index is 11.3. The Morgan fingerprint density at radius 1 is 1.73 bits per heavy atom. The molecule has 0 spiro atoms. The summed E-state index contributed by atoms with van der Waals surface area (Å²) < 4.78 is 16.3. The summed E-state index contributed by atoms with van der Waals surface area (Å²) in [6.45, 7) is 3.68. The maximum Gasteiger partial charge on any atom is 0.202 e. The molecule has 2 atom stereocenters. The van der Waals surface area contributed by atoms with E-state index in [0.717, 1.165) is 0 Å². The molecule has 0 saturated carbocycles. The molecule has 0 amide bonds. The number of halogens is 1. The number of rotatable bonds is 5. The number of aliphatic hydroxyl groups excluding tert-OH is 1. The van der Waals surface area contributed by atoms with Gasteiger partial charge in [-0.1, -0.05) is 0 Å². The van der Waals surface area contributed by atoms with Crippen molar-refractivity contribution in [2.45, 2.75) is 13.0 Å². The summed E-state index contributed by atoms with van der Waals surface area (Å²) >= 11 is 5.33. The lowest BCUT2D eigenvalue weighted by molar-refractivity contribution is 0.214. The van der Waals surface area contributed by atoms with Gasteiger partial charge in [0.2, 0.25) is 7.37 Å². The van der Waals surface area contributed by atoms with Gasteiger partial charge in [0.05, 0.1) is 18.9 Å². The topological polar surface area (TPSA) is 46.5 Å². The van der Waals surface area contributed by atoms with Gasteiger partial charge >= 0.3 is 0 Å². The van der Waals surface area contributed by atoms with Crippen molar-refractivity contribution in [3.8, 4) is 0 Å². The van der Waals surface area contributed by atoms with Crippen molar-refractivity contribution in [2.24, 2.45) is 0 Å². The summed E-state index contributed by atoms with van der Waals surface area (Å²) in [7, 11) is -2.60. The van der Waals surface area contributed by atoms with Gasteiger partial charge < -0.3 is 9.63 Å². The van der Waals surface area contributed by atoms with Gasteiger partial charge in [0, 0.05) is 12.5 Å². The SMILES string of the molecule is CCOP(C)(=O)CC(O)CCl. The van der Waals surface area contributed by atoms with E-state index in [-0.39, 0.29) is 12.0 Å². The monoisotopic (exact) mass is 200 g/mol. The van der Waals surface area contributed by atoms with E-state index in [0.29, 0.717) is 6.61 Å². The summed E-state index contributed by atoms with van der Waals surface area (Å²) in [6, 6.07) is 0. The Kier molecular flexibility index (Phi) is 5.36. The number of alkyl halides is 1. The predicted octanol–water partition coefficient (Wildman–Crippen LogP) is 1.53. The zero-order valence-electron chi connectivity index (χ0n) is 6.79. The molecule has 68 valence electrons. The fourth-order valence-corrected chi connectivity index (χ4v) is 2.57. The lowest BCUT2D eigenvalue weighted by Crippen LogP contribution is -2.14. The minimum Gasteiger partial charge on any atom is -0.391 e. The molecule has 0 saturated heterocycles. The molecule has 0 aromatic heterocycles. The molecule has 0 aromatic carbocycles. The van der Waals surface area contributed by atoms with Gasteiger partial charge in [0.25, 0.3) is 0 Å². The van der Waals surface area contributed by atoms with E-state index in [1.165, 1.54) is 6.66 Å². The summed E-state index contributed by atoms with van der Waals surface area (Å²) in [6.07, 6.45) is -0.580. The van der Waals surface area contributed by atoms with E-state index in [1.807, 2.05) is 0 Å². The van der Waals surface area contributed by atoms with Gasteiger partial charge in [-0.2, -0.15) is 0 Å². The van der Waals surface area contributed by atoms with E-state index in [9.17, 15) is 4.57 Å². The first-order chi connectivity index (χ1) is 5.02. The molecular weight excluding hydrogens is 186 g/mol. The smallest absolute Gasteiger partial charge is 0.202 e. The van der Waals surface area contributed by atoms with Crippen molar-refractivity contribution in [2.75, 3.05) is 25.3 Å². The molecule has 0 radical (unpaired) electrons. The van der Waals surface area contributed by atoms with Gasteiger partial charge in [0.1, 0.15) is 0 Å². The lowest BCUT2D eigenvalue weighted by Gasteiger charge is -2.14. The van der Waals surface area contributed by atoms with Crippen LogP contribution >= 0.6 is 19.0 Å². The first kappa shape index (κ1) is 11.4. The molecule has 0 aromatic rings. The quantitative estimate of drug-likeness (QED) is 0.541. The van der Waals surface area contributed by atoms with Gasteiger partial charge in [0.15, 0.2) is 0 Å². The van der Waals surface area contributed by atoms with Crippen molar-refractivity contribution in [1.82, 2.24) is 0 Å². The van der Waals surface area contributed by atoms with Crippen LogP contribution in [0.5, 0.6) is 0 Å². The average Bonchev–Trinajstić information content (AvgIpc) is 1.86. The van der Waals surface area contributed by atoms with Crippen molar-refractivity contribution in [3.63, 3.8) is 0 Å². The largest absolute Gasteiger partial charge is 0.391 e. The van der Waals surface area contributed by atoms with Gasteiger partial charge in [-0.05, 0) is 6.92 Å². The molecule has 0 aliphatic heterocycles. The minimum atomic E-state index is -2.60. The third-order valence-electron chi connectivity index (χ3n) is 1.12. The zero-order chi connectivity index (χ0) is 8.91. The number of hydrogen-bond donors (Lipinski definition) is 1. The molecule has 1 N–H and O–H groups in total. The molecule has 2 unspecified atom stereocenters. The molecule has 0 heterocycles. The van der Waals surface area contributed by atoms with Crippen LogP contribution in [0.3, 0.4) is 0 Å². The molecule has 3 nitrogen and oxygen atoms in total. The molecular formula is C6H14ClO3P. The van der Waals surface area contributed by atoms with E-state index in [2.05, 4.69) is 0 Å². The Balaban J connectivity index is 3.81. The van der Waals surface area contributed by atoms with E-state index in [1.54, 1.807) is 6.92 Å². The second-order valence-corrected chi connectivity index (χ2v) is 5.38. The molecule has 11 heavy (non-hydrogen) atoms. The predicted molar refractivity (Wildman–Crippen MR) is 46.8 cm³/mol. The second kappa shape index (κ2) is 5.15. The first-order valence-electron chi connectivity index (χ1n) is 3.47. The highest BCUT2D eigenvalue weighted by atomic mass is 35.5. The highest BCUT2D eigenvalue weighted by Crippen LogP contribution is 2.42. The van der Waals surface area contributed by atoms with Crippen LogP contribution in [-0.2, 0) is 9.09 Å². The number of aliphatic hydroxyl groups is 1. The van der Waals surface area contributed by atoms with Crippen LogP contribution in [0.2, 0.25) is 0 Å². The minimum absolute atomic E-state index is 0.102. The van der Waals surface area contributed by atoms with Crippen LogP contribution in [0.15, 0.2) is 0 Å². The van der Waals surface area contributed by atoms with Crippen molar-refractivity contribution < 1.29 is 14.2 Å². The summed E-state index contributed by atoms with van der Waals surface area (Å²) in [5, 5.41) is 9.04. The van der Waals surface area contributed by atoms with E-state index < -0.39 is 13.5 Å². The Bertz CT molecular complexity index is 151. The van der Waals surface area contributed by atoms with E-state index in [4.69, 9.17) is 21.2 Å². The Morgan fingerprint density at radius 3 is 2.64 bits per heavy atom. The number of hydrogen-bond acceptors (Lipinski definition) is 3. The van der Waals surface area contributed by atoms with Crippen molar-refractivity contribution in [3.05, 3.63) is 0 Å². The molecule has 0 aliphatic rings. The molecule has 0 bridgehead atoms. The third kappa shape index (κ3) is 5.68. The van der Waals surface area contributed by atoms with Crippen molar-refractivity contribution >= 4 is 19.0 Å². The van der Waals surface area contributed by atoms with Gasteiger partial charge in [-0.3, -0.25) is 4.57 Å². The fourth-order valence-electron chi connectivity index (χ4n) is 0.757. The second-order valence-electron chi connectivity index (χ2n) is 2.42. The molecule has 5 heteroatoms. The van der Waals surface area contributed by atoms with Crippen LogP contribution < -0.4 is 0 Å². The first-order valence-corrected chi connectivity index (χ1v) is 6.26. The standard InChI is InChI=1S/C6H14ClO3P/c1-3-10-11(2,9)5-6(8)4-7/h6,8H,3-5H2,1-2H3. The molecule has 0 fully saturated rings. The third-order valence-corrected chi connectivity index (χ3v) is 3.37. The van der Waals surface area contributed by atoms with Gasteiger partial charge in [-0.25, -0.2) is 0 Å². The van der Waals surface area contributed by atoms with Crippen LogP contribution in [0.1, 0.15) is 6.92 Å². The van der Waals surface area contributed by atoms with Crippen LogP contribution in [-0.4, -0.2) is 36.5 Å². The van der Waals surface area contributed by atoms with Crippen molar-refractivity contribution in [1.29, 1.82) is 0 Å². The van der Waals surface area contributed by atoms with Crippen LogP contribution in [0, 0.1) is 0 Å². The van der Waals surface area contributed by atoms with Gasteiger partial charge in [-0.15, -0.1) is 11.6 Å². The zero-order valence-corrected chi connectivity index (χ0v) is 8.44. The summed E-state index contributed by atoms with van der Waals surface area (Å²) in [5.41, 5.74) is 0. The fraction of sp³-hybridized carbons (Fsp3) is 1.00. The highest BCUT2D eigenvalue weighted by Gasteiger charge is 2.19. The normalized spacial score (nSPS) is 19.3. The van der Waals surface area contributed by atoms with E-state index >= 15 is 0 Å². The van der Waals surface area contributed by atoms with Crippen LogP contribution in [0.4, 0.5) is 0 Å². The van der Waals surface area contributed by atoms with Crippen LogP contribution in [0.25, 0.3) is 0 Å². The highest BCUT2D eigenvalue weighted by molar-refractivity contribution is 7.58. The Morgan fingerprint density at radius 2 is 2.27 bits per heavy atom. The summed E-state index contributed by atoms with van der Waals surface area (Å²) in [4.78, 5) is 0.